The van der Waals surface area contributed by atoms with E-state index in [9.17, 15) is 9.59 Å². The summed E-state index contributed by atoms with van der Waals surface area (Å²) in [6, 6.07) is 20.1. The van der Waals surface area contributed by atoms with Gasteiger partial charge in [-0.3, -0.25) is 9.59 Å². The maximum atomic E-state index is 12.6. The molecule has 2 aromatic carbocycles. The zero-order valence-electron chi connectivity index (χ0n) is 22.1. The van der Waals surface area contributed by atoms with Crippen molar-refractivity contribution >= 4 is 11.8 Å². The van der Waals surface area contributed by atoms with Gasteiger partial charge in [0.1, 0.15) is 0 Å². The van der Waals surface area contributed by atoms with Crippen molar-refractivity contribution < 1.29 is 9.59 Å². The van der Waals surface area contributed by atoms with Crippen molar-refractivity contribution in [1.82, 2.24) is 20.4 Å². The number of hydrogen-bond acceptors (Lipinski definition) is 4. The van der Waals surface area contributed by atoms with Crippen molar-refractivity contribution in [2.45, 2.75) is 51.4 Å². The summed E-state index contributed by atoms with van der Waals surface area (Å²) < 4.78 is 0. The molecule has 6 nitrogen and oxygen atoms in total. The molecular formula is C30H44N4O2. The van der Waals surface area contributed by atoms with E-state index in [1.54, 1.807) is 0 Å². The number of carbonyl (C=O) groups excluding carboxylic acids is 2. The summed E-state index contributed by atoms with van der Waals surface area (Å²) >= 11 is 0. The molecule has 0 saturated carbocycles. The molecule has 0 aromatic heterocycles. The minimum Gasteiger partial charge on any atom is -0.356 e. The van der Waals surface area contributed by atoms with Crippen LogP contribution in [0.3, 0.4) is 0 Å². The van der Waals surface area contributed by atoms with E-state index in [2.05, 4.69) is 34.3 Å². The van der Waals surface area contributed by atoms with Gasteiger partial charge in [0.2, 0.25) is 11.8 Å². The van der Waals surface area contributed by atoms with Crippen LogP contribution in [0.15, 0.2) is 60.7 Å². The Hall–Kier alpha value is -2.70. The summed E-state index contributed by atoms with van der Waals surface area (Å²) in [5.41, 5.74) is 2.18. The maximum absolute atomic E-state index is 12.6. The van der Waals surface area contributed by atoms with Crippen molar-refractivity contribution in [2.75, 3.05) is 52.4 Å². The average molecular weight is 493 g/mol. The second-order valence-electron chi connectivity index (χ2n) is 9.72. The number of hydrogen-bond donors (Lipinski definition) is 2. The van der Waals surface area contributed by atoms with Crippen LogP contribution in [0, 0.1) is 0 Å². The van der Waals surface area contributed by atoms with E-state index in [4.69, 9.17) is 0 Å². The molecule has 2 aromatic rings. The predicted molar refractivity (Wildman–Crippen MR) is 147 cm³/mol. The second kappa shape index (κ2) is 15.4. The van der Waals surface area contributed by atoms with Gasteiger partial charge in [-0.1, -0.05) is 74.5 Å². The molecule has 1 saturated heterocycles. The molecule has 0 spiro atoms. The Labute approximate surface area is 217 Å². The lowest BCUT2D eigenvalue weighted by Gasteiger charge is -2.34. The fraction of sp³-hybridized carbons (Fsp3) is 0.533. The highest BCUT2D eigenvalue weighted by atomic mass is 16.2. The van der Waals surface area contributed by atoms with Gasteiger partial charge in [0.25, 0.3) is 0 Å². The molecule has 1 aliphatic heterocycles. The van der Waals surface area contributed by atoms with Gasteiger partial charge in [-0.05, 0) is 49.9 Å². The molecule has 0 bridgehead atoms. The first-order valence-corrected chi connectivity index (χ1v) is 13.7. The number of nitrogens with one attached hydrogen (secondary N) is 2. The van der Waals surface area contributed by atoms with Crippen LogP contribution in [0.2, 0.25) is 0 Å². The van der Waals surface area contributed by atoms with Crippen LogP contribution in [-0.4, -0.2) is 74.0 Å². The zero-order valence-corrected chi connectivity index (χ0v) is 22.1. The van der Waals surface area contributed by atoms with Crippen molar-refractivity contribution in [3.05, 3.63) is 71.8 Å². The largest absolute Gasteiger partial charge is 0.356 e. The van der Waals surface area contributed by atoms with Gasteiger partial charge in [0.05, 0.1) is 11.8 Å². The molecule has 2 amide bonds. The summed E-state index contributed by atoms with van der Waals surface area (Å²) in [6.45, 7) is 11.9. The SMILES string of the molecule is CC[C@H](C(=O)NCCCN1CCN(CCCNC(=O)[C@@H](CC)c2ccccc2)CC1)c1ccccc1. The van der Waals surface area contributed by atoms with E-state index in [0.29, 0.717) is 0 Å². The average Bonchev–Trinajstić information content (AvgIpc) is 2.92. The first kappa shape index (κ1) is 27.9. The number of piperazine rings is 1. The molecule has 196 valence electrons. The Bertz CT molecular complexity index is 822. The topological polar surface area (TPSA) is 64.7 Å². The lowest BCUT2D eigenvalue weighted by atomic mass is 9.96. The minimum atomic E-state index is -0.0641. The Morgan fingerprint density at radius 3 is 1.36 bits per heavy atom. The number of benzene rings is 2. The molecule has 1 aliphatic rings. The number of carbonyl (C=O) groups is 2. The second-order valence-corrected chi connectivity index (χ2v) is 9.72. The molecule has 1 heterocycles. The number of nitrogens with zero attached hydrogens (tertiary/aromatic N) is 2. The van der Waals surface area contributed by atoms with Gasteiger partial charge < -0.3 is 20.4 Å². The monoisotopic (exact) mass is 492 g/mol. The molecule has 2 atom stereocenters. The summed E-state index contributed by atoms with van der Waals surface area (Å²) in [5.74, 6) is 0.140. The van der Waals surface area contributed by atoms with Crippen molar-refractivity contribution in [3.63, 3.8) is 0 Å². The van der Waals surface area contributed by atoms with Crippen LogP contribution in [0.25, 0.3) is 0 Å². The van der Waals surface area contributed by atoms with Crippen LogP contribution >= 0.6 is 0 Å². The molecule has 36 heavy (non-hydrogen) atoms. The minimum absolute atomic E-state index is 0.0641. The number of amides is 2. The summed E-state index contributed by atoms with van der Waals surface area (Å²) in [5, 5.41) is 6.27. The molecule has 0 aliphatic carbocycles. The van der Waals surface area contributed by atoms with Gasteiger partial charge in [0, 0.05) is 39.3 Å². The quantitative estimate of drug-likeness (QED) is 0.391. The first-order valence-electron chi connectivity index (χ1n) is 13.7. The highest BCUT2D eigenvalue weighted by Gasteiger charge is 2.20. The van der Waals surface area contributed by atoms with Crippen LogP contribution in [0.5, 0.6) is 0 Å². The standard InChI is InChI=1S/C30H44N4O2/c1-3-27(25-13-7-5-8-14-25)29(35)31-17-11-19-33-21-23-34(24-22-33)20-12-18-32-30(36)28(4-2)26-15-9-6-10-16-26/h5-10,13-16,27-28H,3-4,11-12,17-24H2,1-2H3,(H,31,35)(H,32,36)/t27-,28-/m0/s1. The number of rotatable bonds is 14. The van der Waals surface area contributed by atoms with Crippen LogP contribution in [0.1, 0.15) is 62.5 Å². The first-order chi connectivity index (χ1) is 17.6. The van der Waals surface area contributed by atoms with Gasteiger partial charge in [-0.25, -0.2) is 0 Å². The van der Waals surface area contributed by atoms with Gasteiger partial charge in [-0.2, -0.15) is 0 Å². The van der Waals surface area contributed by atoms with Gasteiger partial charge >= 0.3 is 0 Å². The van der Waals surface area contributed by atoms with E-state index in [-0.39, 0.29) is 23.7 Å². The van der Waals surface area contributed by atoms with Crippen molar-refractivity contribution in [2.24, 2.45) is 0 Å². The Morgan fingerprint density at radius 1 is 0.667 bits per heavy atom. The van der Waals surface area contributed by atoms with Crippen molar-refractivity contribution in [3.8, 4) is 0 Å². The van der Waals surface area contributed by atoms with Gasteiger partial charge in [0.15, 0.2) is 0 Å². The predicted octanol–water partition coefficient (Wildman–Crippen LogP) is 4.00. The van der Waals surface area contributed by atoms with Crippen LogP contribution in [0.4, 0.5) is 0 Å². The third kappa shape index (κ3) is 8.75. The summed E-state index contributed by atoms with van der Waals surface area (Å²) in [4.78, 5) is 30.2. The molecule has 0 unspecified atom stereocenters. The van der Waals surface area contributed by atoms with Crippen LogP contribution in [-0.2, 0) is 9.59 Å². The third-order valence-corrected chi connectivity index (χ3v) is 7.22. The van der Waals surface area contributed by atoms with Gasteiger partial charge in [-0.15, -0.1) is 0 Å². The summed E-state index contributed by atoms with van der Waals surface area (Å²) in [7, 11) is 0. The molecule has 1 fully saturated rings. The van der Waals surface area contributed by atoms with E-state index in [1.165, 1.54) is 0 Å². The third-order valence-electron chi connectivity index (χ3n) is 7.22. The Morgan fingerprint density at radius 2 is 1.03 bits per heavy atom. The normalized spacial score (nSPS) is 16.3. The molecular weight excluding hydrogens is 448 g/mol. The molecule has 2 N–H and O–H groups in total. The van der Waals surface area contributed by atoms with Crippen LogP contribution < -0.4 is 10.6 Å². The lowest BCUT2D eigenvalue weighted by Crippen LogP contribution is -2.47. The fourth-order valence-corrected chi connectivity index (χ4v) is 5.03. The fourth-order valence-electron chi connectivity index (χ4n) is 5.03. The highest BCUT2D eigenvalue weighted by Crippen LogP contribution is 2.20. The van der Waals surface area contributed by atoms with E-state index in [0.717, 1.165) is 89.2 Å². The Kier molecular flexibility index (Phi) is 11.9. The molecule has 3 rings (SSSR count). The Balaban J connectivity index is 1.25. The lowest BCUT2D eigenvalue weighted by molar-refractivity contribution is -0.123. The van der Waals surface area contributed by atoms with E-state index in [1.807, 2.05) is 60.7 Å². The van der Waals surface area contributed by atoms with E-state index < -0.39 is 0 Å². The maximum Gasteiger partial charge on any atom is 0.227 e. The molecule has 0 radical (unpaired) electrons. The van der Waals surface area contributed by atoms with Crippen molar-refractivity contribution in [1.29, 1.82) is 0 Å². The molecule has 6 heteroatoms. The van der Waals surface area contributed by atoms with E-state index >= 15 is 0 Å². The zero-order chi connectivity index (χ0) is 25.6. The summed E-state index contributed by atoms with van der Waals surface area (Å²) in [6.07, 6.45) is 3.58. The highest BCUT2D eigenvalue weighted by molar-refractivity contribution is 5.84. The smallest absolute Gasteiger partial charge is 0.227 e.